The third kappa shape index (κ3) is 6.01. The number of aryl methyl sites for hydroxylation is 1. The van der Waals surface area contributed by atoms with Crippen LogP contribution in [-0.4, -0.2) is 0 Å². The van der Waals surface area contributed by atoms with E-state index < -0.39 is 17.3 Å². The highest BCUT2D eigenvalue weighted by molar-refractivity contribution is 5.41. The first kappa shape index (κ1) is 25.5. The van der Waals surface area contributed by atoms with E-state index in [4.69, 9.17) is 0 Å². The molecule has 4 heteroatoms. The Hall–Kier alpha value is -2.49. The number of alkyl halides is 3. The van der Waals surface area contributed by atoms with Crippen LogP contribution in [-0.2, 0) is 18.1 Å². The molecule has 0 saturated carbocycles. The highest BCUT2D eigenvalue weighted by Crippen LogP contribution is 2.43. The summed E-state index contributed by atoms with van der Waals surface area (Å²) in [5, 5.41) is 3.47. The monoisotopic (exact) mass is 417 g/mol. The Morgan fingerprint density at radius 2 is 1.53 bits per heavy atom. The number of rotatable bonds is 7. The molecule has 0 heterocycles. The van der Waals surface area contributed by atoms with Crippen molar-refractivity contribution in [2.24, 2.45) is 0 Å². The van der Waals surface area contributed by atoms with Crippen LogP contribution in [0.15, 0.2) is 73.0 Å². The van der Waals surface area contributed by atoms with Gasteiger partial charge < -0.3 is 5.32 Å². The van der Waals surface area contributed by atoms with Gasteiger partial charge >= 0.3 is 6.18 Å². The molecule has 0 aliphatic rings. The zero-order valence-electron chi connectivity index (χ0n) is 19.0. The molecule has 2 rings (SSSR count). The molecule has 1 N–H and O–H groups in total. The second-order valence-corrected chi connectivity index (χ2v) is 7.56. The van der Waals surface area contributed by atoms with E-state index in [0.29, 0.717) is 0 Å². The SMILES string of the molecule is C=C(C)N[C@](C)(c1cccc(CC)c1)[C@H](C(=C)C)c1ccc(C(F)(F)F)cc1.CC. The summed E-state index contributed by atoms with van der Waals surface area (Å²) in [7, 11) is 0. The molecular weight excluding hydrogens is 383 g/mol. The molecule has 1 nitrogen and oxygen atoms in total. The Labute approximate surface area is 179 Å². The van der Waals surface area contributed by atoms with Gasteiger partial charge in [0.25, 0.3) is 0 Å². The van der Waals surface area contributed by atoms with Crippen LogP contribution in [0.25, 0.3) is 0 Å². The fourth-order valence-corrected chi connectivity index (χ4v) is 3.84. The minimum Gasteiger partial charge on any atom is -0.379 e. The summed E-state index contributed by atoms with van der Waals surface area (Å²) >= 11 is 0. The van der Waals surface area contributed by atoms with Gasteiger partial charge in [0.1, 0.15) is 0 Å². The largest absolute Gasteiger partial charge is 0.416 e. The summed E-state index contributed by atoms with van der Waals surface area (Å²) in [6.07, 6.45) is -3.46. The van der Waals surface area contributed by atoms with E-state index in [2.05, 4.69) is 37.5 Å². The predicted octanol–water partition coefficient (Wildman–Crippen LogP) is 7.99. The van der Waals surface area contributed by atoms with E-state index in [0.717, 1.165) is 41.0 Å². The lowest BCUT2D eigenvalue weighted by Gasteiger charge is -2.41. The molecule has 0 aromatic heterocycles. The molecule has 0 bridgehead atoms. The van der Waals surface area contributed by atoms with E-state index >= 15 is 0 Å². The van der Waals surface area contributed by atoms with Gasteiger partial charge in [-0.3, -0.25) is 0 Å². The lowest BCUT2D eigenvalue weighted by atomic mass is 9.72. The van der Waals surface area contributed by atoms with Gasteiger partial charge in [0.15, 0.2) is 0 Å². The molecule has 2 atom stereocenters. The number of allylic oxidation sites excluding steroid dienone is 1. The van der Waals surface area contributed by atoms with Crippen LogP contribution in [0.3, 0.4) is 0 Å². The molecule has 0 saturated heterocycles. The summed E-state index contributed by atoms with van der Waals surface area (Å²) in [5.41, 5.74) is 3.39. The van der Waals surface area contributed by atoms with Crippen LogP contribution in [0.1, 0.15) is 69.7 Å². The molecule has 0 fully saturated rings. The van der Waals surface area contributed by atoms with Crippen molar-refractivity contribution >= 4 is 0 Å². The minimum absolute atomic E-state index is 0.237. The number of benzene rings is 2. The Morgan fingerprint density at radius 3 is 1.97 bits per heavy atom. The lowest BCUT2D eigenvalue weighted by Crippen LogP contribution is -2.44. The smallest absolute Gasteiger partial charge is 0.379 e. The third-order valence-electron chi connectivity index (χ3n) is 5.05. The van der Waals surface area contributed by atoms with Gasteiger partial charge in [0.2, 0.25) is 0 Å². The molecule has 0 unspecified atom stereocenters. The van der Waals surface area contributed by atoms with Gasteiger partial charge in [-0.05, 0) is 56.0 Å². The van der Waals surface area contributed by atoms with Crippen LogP contribution in [0, 0.1) is 0 Å². The van der Waals surface area contributed by atoms with Crippen molar-refractivity contribution in [3.63, 3.8) is 0 Å². The van der Waals surface area contributed by atoms with Crippen molar-refractivity contribution in [2.45, 2.75) is 65.6 Å². The molecule has 2 aromatic carbocycles. The fraction of sp³-hybridized carbons (Fsp3) is 0.385. The van der Waals surface area contributed by atoms with E-state index in [1.165, 1.54) is 5.56 Å². The highest BCUT2D eigenvalue weighted by Gasteiger charge is 2.38. The first-order chi connectivity index (χ1) is 14.0. The van der Waals surface area contributed by atoms with Crippen molar-refractivity contribution in [3.05, 3.63) is 95.2 Å². The molecule has 30 heavy (non-hydrogen) atoms. The van der Waals surface area contributed by atoms with Crippen LogP contribution >= 0.6 is 0 Å². The van der Waals surface area contributed by atoms with Crippen molar-refractivity contribution in [2.75, 3.05) is 0 Å². The molecular formula is C26H34F3N. The predicted molar refractivity (Wildman–Crippen MR) is 121 cm³/mol. The van der Waals surface area contributed by atoms with E-state index in [9.17, 15) is 13.2 Å². The topological polar surface area (TPSA) is 12.0 Å². The van der Waals surface area contributed by atoms with Crippen LogP contribution in [0.4, 0.5) is 13.2 Å². The van der Waals surface area contributed by atoms with Crippen molar-refractivity contribution in [3.8, 4) is 0 Å². The number of hydrogen-bond donors (Lipinski definition) is 1. The van der Waals surface area contributed by atoms with E-state index in [-0.39, 0.29) is 5.92 Å². The maximum Gasteiger partial charge on any atom is 0.416 e. The van der Waals surface area contributed by atoms with E-state index in [1.54, 1.807) is 12.1 Å². The molecule has 2 aromatic rings. The van der Waals surface area contributed by atoms with Gasteiger partial charge in [0, 0.05) is 11.6 Å². The first-order valence-electron chi connectivity index (χ1n) is 10.3. The Balaban J connectivity index is 0.00000218. The summed E-state index contributed by atoms with van der Waals surface area (Å²) in [4.78, 5) is 0. The van der Waals surface area contributed by atoms with Crippen LogP contribution in [0.5, 0.6) is 0 Å². The molecule has 164 valence electrons. The van der Waals surface area contributed by atoms with Crippen LogP contribution < -0.4 is 5.32 Å². The Morgan fingerprint density at radius 1 is 0.967 bits per heavy atom. The van der Waals surface area contributed by atoms with Crippen LogP contribution in [0.2, 0.25) is 0 Å². The normalized spacial score (nSPS) is 14.0. The fourth-order valence-electron chi connectivity index (χ4n) is 3.84. The Kier molecular flexibility index (Phi) is 8.95. The van der Waals surface area contributed by atoms with Crippen molar-refractivity contribution in [1.29, 1.82) is 0 Å². The first-order valence-corrected chi connectivity index (χ1v) is 10.3. The Bertz CT molecular complexity index is 849. The maximum atomic E-state index is 13.0. The summed E-state index contributed by atoms with van der Waals surface area (Å²) in [6, 6.07) is 13.6. The zero-order chi connectivity index (χ0) is 23.1. The highest BCUT2D eigenvalue weighted by atomic mass is 19.4. The second-order valence-electron chi connectivity index (χ2n) is 7.56. The molecule has 0 aliphatic heterocycles. The van der Waals surface area contributed by atoms with Gasteiger partial charge in [-0.25, -0.2) is 0 Å². The average Bonchev–Trinajstić information content (AvgIpc) is 2.68. The van der Waals surface area contributed by atoms with Gasteiger partial charge in [-0.1, -0.05) is 75.9 Å². The second kappa shape index (κ2) is 10.5. The summed E-state index contributed by atoms with van der Waals surface area (Å²) in [6.45, 7) is 20.1. The van der Waals surface area contributed by atoms with Crippen molar-refractivity contribution in [1.82, 2.24) is 5.32 Å². The molecule has 0 radical (unpaired) electrons. The summed E-state index contributed by atoms with van der Waals surface area (Å²) < 4.78 is 39.0. The molecule has 0 aliphatic carbocycles. The van der Waals surface area contributed by atoms with Gasteiger partial charge in [0.05, 0.1) is 11.1 Å². The lowest BCUT2D eigenvalue weighted by molar-refractivity contribution is -0.137. The molecule has 0 amide bonds. The standard InChI is InChI=1S/C24H28F3N.C2H6/c1-7-18-9-8-10-21(15-18)23(6,28-17(4)5)22(16(2)3)19-11-13-20(14-12-19)24(25,26)27;1-2/h8-15,22,28H,2,4,7H2,1,3,5-6H3;1-2H3/t22-,23-;/m1./s1. The van der Waals surface area contributed by atoms with E-state index in [1.807, 2.05) is 46.8 Å². The zero-order valence-corrected chi connectivity index (χ0v) is 19.0. The minimum atomic E-state index is -4.36. The third-order valence-corrected chi connectivity index (χ3v) is 5.05. The number of halogens is 3. The van der Waals surface area contributed by atoms with Crippen molar-refractivity contribution < 1.29 is 13.2 Å². The van der Waals surface area contributed by atoms with Gasteiger partial charge in [-0.2, -0.15) is 13.2 Å². The number of nitrogens with one attached hydrogen (secondary N) is 1. The maximum absolute atomic E-state index is 13.0. The number of hydrogen-bond acceptors (Lipinski definition) is 1. The molecule has 0 spiro atoms. The average molecular weight is 418 g/mol. The van der Waals surface area contributed by atoms with Gasteiger partial charge in [-0.15, -0.1) is 0 Å². The quantitative estimate of drug-likeness (QED) is 0.450. The summed E-state index contributed by atoms with van der Waals surface area (Å²) in [5.74, 6) is -0.237.